The minimum absolute atomic E-state index is 0.0277. The van der Waals surface area contributed by atoms with Crippen molar-refractivity contribution in [2.75, 3.05) is 32.7 Å². The van der Waals surface area contributed by atoms with Crippen LogP contribution < -0.4 is 5.32 Å². The number of rotatable bonds is 4. The van der Waals surface area contributed by atoms with Crippen LogP contribution in [0.4, 0.5) is 4.79 Å². The van der Waals surface area contributed by atoms with Crippen molar-refractivity contribution in [1.29, 1.82) is 0 Å². The first kappa shape index (κ1) is 18.3. The third-order valence-corrected chi connectivity index (χ3v) is 6.16. The number of oxime groups is 1. The molecule has 2 fully saturated rings. The number of nitrogens with zero attached hydrogens (tertiary/aromatic N) is 3. The van der Waals surface area contributed by atoms with Gasteiger partial charge in [-0.2, -0.15) is 0 Å². The quantitative estimate of drug-likeness (QED) is 0.887. The molecule has 4 rings (SSSR count). The molecular formula is C21H30N4O2. The van der Waals surface area contributed by atoms with Gasteiger partial charge in [0.05, 0.1) is 12.3 Å². The average molecular weight is 370 g/mol. The van der Waals surface area contributed by atoms with Crippen LogP contribution in [0.15, 0.2) is 23.4 Å². The first-order valence-electron chi connectivity index (χ1n) is 10.2. The third kappa shape index (κ3) is 4.10. The third-order valence-electron chi connectivity index (χ3n) is 6.16. The van der Waals surface area contributed by atoms with E-state index >= 15 is 0 Å². The van der Waals surface area contributed by atoms with Crippen LogP contribution in [0.5, 0.6) is 0 Å². The number of carbonyl (C=O) groups excluding carboxylic acids is 1. The van der Waals surface area contributed by atoms with Crippen molar-refractivity contribution < 1.29 is 9.63 Å². The smallest absolute Gasteiger partial charge is 0.317 e. The maximum Gasteiger partial charge on any atom is 0.317 e. The second-order valence-corrected chi connectivity index (χ2v) is 8.09. The number of carbonyl (C=O) groups is 1. The molecule has 1 aromatic rings. The van der Waals surface area contributed by atoms with Gasteiger partial charge in [-0.3, -0.25) is 4.90 Å². The lowest BCUT2D eigenvalue weighted by atomic mass is 10.0. The number of benzene rings is 1. The fourth-order valence-corrected chi connectivity index (χ4v) is 4.27. The van der Waals surface area contributed by atoms with Crippen molar-refractivity contribution in [3.8, 4) is 0 Å². The summed E-state index contributed by atoms with van der Waals surface area (Å²) in [5.41, 5.74) is 4.61. The Kier molecular flexibility index (Phi) is 5.34. The van der Waals surface area contributed by atoms with Crippen LogP contribution in [0.25, 0.3) is 0 Å². The SMILES string of the molecule is Cc1ccc(C2=NOC(CNC(=O)N3CCC(N4CCCC4)C3)C2)cc1C. The Balaban J connectivity index is 1.23. The van der Waals surface area contributed by atoms with Crippen molar-refractivity contribution in [3.63, 3.8) is 0 Å². The molecule has 2 unspecified atom stereocenters. The standard InChI is InChI=1S/C21H30N4O2/c1-15-5-6-17(11-16(15)2)20-12-19(27-23-20)13-22-21(26)25-10-7-18(14-25)24-8-3-4-9-24/h5-6,11,18-19H,3-4,7-10,12-14H2,1-2H3,(H,22,26). The van der Waals surface area contributed by atoms with Crippen LogP contribution in [0, 0.1) is 13.8 Å². The summed E-state index contributed by atoms with van der Waals surface area (Å²) in [6, 6.07) is 6.93. The van der Waals surface area contributed by atoms with Crippen LogP contribution in [0.1, 0.15) is 42.4 Å². The van der Waals surface area contributed by atoms with Gasteiger partial charge < -0.3 is 15.1 Å². The maximum atomic E-state index is 12.5. The number of nitrogens with one attached hydrogen (secondary N) is 1. The van der Waals surface area contributed by atoms with E-state index < -0.39 is 0 Å². The molecule has 3 aliphatic rings. The van der Waals surface area contributed by atoms with E-state index in [0.29, 0.717) is 12.6 Å². The van der Waals surface area contributed by atoms with Crippen molar-refractivity contribution in [3.05, 3.63) is 34.9 Å². The minimum atomic E-state index is -0.0810. The molecule has 1 N–H and O–H groups in total. The second kappa shape index (κ2) is 7.89. The highest BCUT2D eigenvalue weighted by Gasteiger charge is 2.32. The largest absolute Gasteiger partial charge is 0.390 e. The van der Waals surface area contributed by atoms with E-state index in [1.165, 1.54) is 37.1 Å². The number of likely N-dealkylation sites (tertiary alicyclic amines) is 2. The Morgan fingerprint density at radius 2 is 2.04 bits per heavy atom. The fraction of sp³-hybridized carbons (Fsp3) is 0.619. The van der Waals surface area contributed by atoms with Crippen LogP contribution in [-0.2, 0) is 4.84 Å². The Hall–Kier alpha value is -2.08. The summed E-state index contributed by atoms with van der Waals surface area (Å²) in [6.45, 7) is 8.80. The number of urea groups is 1. The van der Waals surface area contributed by atoms with Crippen LogP contribution in [0.2, 0.25) is 0 Å². The zero-order chi connectivity index (χ0) is 18.8. The molecule has 0 aliphatic carbocycles. The molecule has 0 aromatic heterocycles. The van der Waals surface area contributed by atoms with Gasteiger partial charge in [0, 0.05) is 25.6 Å². The van der Waals surface area contributed by atoms with Gasteiger partial charge in [-0.15, -0.1) is 0 Å². The van der Waals surface area contributed by atoms with E-state index in [1.807, 2.05) is 4.90 Å². The lowest BCUT2D eigenvalue weighted by Crippen LogP contribution is -2.43. The zero-order valence-electron chi connectivity index (χ0n) is 16.4. The van der Waals surface area contributed by atoms with Gasteiger partial charge >= 0.3 is 6.03 Å². The van der Waals surface area contributed by atoms with E-state index in [1.54, 1.807) is 0 Å². The van der Waals surface area contributed by atoms with E-state index in [2.05, 4.69) is 47.4 Å². The summed E-state index contributed by atoms with van der Waals surface area (Å²) in [4.78, 5) is 22.5. The number of hydrogen-bond acceptors (Lipinski definition) is 4. The van der Waals surface area contributed by atoms with Crippen LogP contribution in [0.3, 0.4) is 0 Å². The van der Waals surface area contributed by atoms with Gasteiger partial charge in [-0.25, -0.2) is 4.79 Å². The van der Waals surface area contributed by atoms with Crippen molar-refractivity contribution >= 4 is 11.7 Å². The van der Waals surface area contributed by atoms with Crippen molar-refractivity contribution in [1.82, 2.24) is 15.1 Å². The van der Waals surface area contributed by atoms with E-state index in [-0.39, 0.29) is 12.1 Å². The predicted octanol–water partition coefficient (Wildman–Crippen LogP) is 2.68. The fourth-order valence-electron chi connectivity index (χ4n) is 4.27. The molecule has 0 spiro atoms. The van der Waals surface area contributed by atoms with Crippen molar-refractivity contribution in [2.24, 2.45) is 5.16 Å². The molecule has 146 valence electrons. The lowest BCUT2D eigenvalue weighted by molar-refractivity contribution is 0.0851. The van der Waals surface area contributed by atoms with Gasteiger partial charge in [-0.1, -0.05) is 17.3 Å². The highest BCUT2D eigenvalue weighted by atomic mass is 16.6. The topological polar surface area (TPSA) is 57.2 Å². The molecule has 27 heavy (non-hydrogen) atoms. The summed E-state index contributed by atoms with van der Waals surface area (Å²) in [7, 11) is 0. The van der Waals surface area contributed by atoms with Gasteiger partial charge in [-0.05, 0) is 69.0 Å². The van der Waals surface area contributed by atoms with Gasteiger partial charge in [0.1, 0.15) is 0 Å². The molecule has 0 saturated carbocycles. The lowest BCUT2D eigenvalue weighted by Gasteiger charge is -2.24. The summed E-state index contributed by atoms with van der Waals surface area (Å²) < 4.78 is 0. The normalized spacial score (nSPS) is 25.6. The Labute approximate surface area is 161 Å². The van der Waals surface area contributed by atoms with Crippen molar-refractivity contribution in [2.45, 2.75) is 51.7 Å². The van der Waals surface area contributed by atoms with Gasteiger partial charge in [0.25, 0.3) is 0 Å². The maximum absolute atomic E-state index is 12.5. The summed E-state index contributed by atoms with van der Waals surface area (Å²) in [5.74, 6) is 0. The number of amides is 2. The molecule has 2 amide bonds. The summed E-state index contributed by atoms with van der Waals surface area (Å²) in [6.07, 6.45) is 4.34. The minimum Gasteiger partial charge on any atom is -0.390 e. The monoisotopic (exact) mass is 370 g/mol. The second-order valence-electron chi connectivity index (χ2n) is 8.09. The molecular weight excluding hydrogens is 340 g/mol. The molecule has 3 heterocycles. The zero-order valence-corrected chi connectivity index (χ0v) is 16.4. The Bertz CT molecular complexity index is 727. The average Bonchev–Trinajstić information content (AvgIpc) is 3.42. The van der Waals surface area contributed by atoms with Crippen LogP contribution >= 0.6 is 0 Å². The van der Waals surface area contributed by atoms with E-state index in [4.69, 9.17) is 4.84 Å². The van der Waals surface area contributed by atoms with Crippen LogP contribution in [-0.4, -0.2) is 66.4 Å². The molecule has 1 aromatic carbocycles. The molecule has 6 heteroatoms. The number of hydrogen-bond donors (Lipinski definition) is 1. The molecule has 2 saturated heterocycles. The molecule has 0 bridgehead atoms. The highest BCUT2D eigenvalue weighted by molar-refractivity contribution is 6.01. The van der Waals surface area contributed by atoms with Gasteiger partial charge in [0.15, 0.2) is 6.10 Å². The first-order valence-corrected chi connectivity index (χ1v) is 10.2. The highest BCUT2D eigenvalue weighted by Crippen LogP contribution is 2.21. The summed E-state index contributed by atoms with van der Waals surface area (Å²) >= 11 is 0. The summed E-state index contributed by atoms with van der Waals surface area (Å²) in [5, 5.41) is 7.28. The Morgan fingerprint density at radius 1 is 1.22 bits per heavy atom. The predicted molar refractivity (Wildman–Crippen MR) is 106 cm³/mol. The van der Waals surface area contributed by atoms with Gasteiger partial charge in [0.2, 0.25) is 0 Å². The molecule has 0 radical (unpaired) electrons. The van der Waals surface area contributed by atoms with E-state index in [0.717, 1.165) is 37.2 Å². The molecule has 6 nitrogen and oxygen atoms in total. The van der Waals surface area contributed by atoms with E-state index in [9.17, 15) is 4.79 Å². The molecule has 2 atom stereocenters. The number of aryl methyl sites for hydroxylation is 2. The first-order chi connectivity index (χ1) is 13.1. The molecule has 3 aliphatic heterocycles. The Morgan fingerprint density at radius 3 is 2.81 bits per heavy atom.